The highest BCUT2D eigenvalue weighted by Gasteiger charge is 2.31. The van der Waals surface area contributed by atoms with Crippen LogP contribution in [0.5, 0.6) is 0 Å². The molecule has 0 spiro atoms. The van der Waals surface area contributed by atoms with E-state index in [1.165, 1.54) is 41.4 Å². The summed E-state index contributed by atoms with van der Waals surface area (Å²) >= 11 is 0. The van der Waals surface area contributed by atoms with Gasteiger partial charge in [-0.3, -0.25) is 4.79 Å². The van der Waals surface area contributed by atoms with Gasteiger partial charge in [0.2, 0.25) is 15.9 Å². The number of hydrogen-bond acceptors (Lipinski definition) is 4. The third kappa shape index (κ3) is 4.02. The van der Waals surface area contributed by atoms with Crippen molar-refractivity contribution in [3.63, 3.8) is 0 Å². The number of carbonyl (C=O) groups is 1. The van der Waals surface area contributed by atoms with E-state index in [-0.39, 0.29) is 10.8 Å². The van der Waals surface area contributed by atoms with Crippen molar-refractivity contribution in [1.29, 1.82) is 5.26 Å². The lowest BCUT2D eigenvalue weighted by atomic mass is 10.0. The van der Waals surface area contributed by atoms with Crippen LogP contribution in [0.3, 0.4) is 0 Å². The highest BCUT2D eigenvalue weighted by molar-refractivity contribution is 7.89. The van der Waals surface area contributed by atoms with Crippen LogP contribution in [0.25, 0.3) is 0 Å². The second-order valence-corrected chi connectivity index (χ2v) is 8.71. The lowest BCUT2D eigenvalue weighted by Gasteiger charge is -2.34. The summed E-state index contributed by atoms with van der Waals surface area (Å²) in [5.41, 5.74) is 0.432. The molecule has 2 aliphatic rings. The van der Waals surface area contributed by atoms with Gasteiger partial charge < -0.3 is 4.90 Å². The molecule has 7 heteroatoms. The van der Waals surface area contributed by atoms with Gasteiger partial charge in [0, 0.05) is 32.6 Å². The monoisotopic (exact) mass is 361 g/mol. The average molecular weight is 361 g/mol. The molecule has 1 aliphatic heterocycles. The summed E-state index contributed by atoms with van der Waals surface area (Å²) in [7, 11) is -3.57. The topological polar surface area (TPSA) is 81.5 Å². The van der Waals surface area contributed by atoms with Crippen LogP contribution in [0.1, 0.15) is 37.7 Å². The highest BCUT2D eigenvalue weighted by Crippen LogP contribution is 2.28. The number of piperazine rings is 1. The Balaban J connectivity index is 1.58. The normalized spacial score (nSPS) is 19.7. The Morgan fingerprint density at radius 1 is 1.08 bits per heavy atom. The Kier molecular flexibility index (Phi) is 5.40. The second kappa shape index (κ2) is 7.54. The van der Waals surface area contributed by atoms with Crippen LogP contribution in [-0.2, 0) is 14.8 Å². The summed E-state index contributed by atoms with van der Waals surface area (Å²) in [6.07, 6.45) is 5.31. The molecule has 2 fully saturated rings. The Bertz CT molecular complexity index is 754. The number of benzene rings is 1. The molecule has 0 atom stereocenters. The van der Waals surface area contributed by atoms with Crippen molar-refractivity contribution in [2.75, 3.05) is 26.2 Å². The van der Waals surface area contributed by atoms with Gasteiger partial charge in [0.1, 0.15) is 0 Å². The van der Waals surface area contributed by atoms with E-state index < -0.39 is 10.0 Å². The van der Waals surface area contributed by atoms with Gasteiger partial charge in [-0.15, -0.1) is 0 Å². The molecule has 25 heavy (non-hydrogen) atoms. The van der Waals surface area contributed by atoms with Gasteiger partial charge in [-0.25, -0.2) is 8.42 Å². The van der Waals surface area contributed by atoms with Crippen LogP contribution in [0.2, 0.25) is 0 Å². The maximum atomic E-state index is 12.7. The van der Waals surface area contributed by atoms with E-state index in [1.807, 2.05) is 6.07 Å². The van der Waals surface area contributed by atoms with Gasteiger partial charge in [-0.05, 0) is 43.0 Å². The van der Waals surface area contributed by atoms with Crippen LogP contribution in [0, 0.1) is 17.2 Å². The van der Waals surface area contributed by atoms with Crippen molar-refractivity contribution in [3.05, 3.63) is 29.8 Å². The van der Waals surface area contributed by atoms with Crippen molar-refractivity contribution < 1.29 is 13.2 Å². The second-order valence-electron chi connectivity index (χ2n) is 6.78. The number of sulfonamides is 1. The smallest absolute Gasteiger partial charge is 0.243 e. The minimum absolute atomic E-state index is 0.155. The molecule has 134 valence electrons. The lowest BCUT2D eigenvalue weighted by molar-refractivity contribution is -0.133. The SMILES string of the molecule is N#Cc1ccc(S(=O)(=O)N2CCN(C(=O)CC3CCCC3)CC2)cc1. The fourth-order valence-electron chi connectivity index (χ4n) is 3.62. The predicted octanol–water partition coefficient (Wildman–Crippen LogP) is 1.97. The van der Waals surface area contributed by atoms with Crippen molar-refractivity contribution in [3.8, 4) is 6.07 Å². The maximum Gasteiger partial charge on any atom is 0.243 e. The Hall–Kier alpha value is -1.91. The van der Waals surface area contributed by atoms with Crippen LogP contribution >= 0.6 is 0 Å². The first-order valence-corrected chi connectivity index (χ1v) is 10.2. The van der Waals surface area contributed by atoms with Crippen LogP contribution < -0.4 is 0 Å². The number of carbonyl (C=O) groups excluding carboxylic acids is 1. The van der Waals surface area contributed by atoms with E-state index in [2.05, 4.69) is 0 Å². The van der Waals surface area contributed by atoms with Crippen LogP contribution in [-0.4, -0.2) is 49.7 Å². The Morgan fingerprint density at radius 2 is 1.68 bits per heavy atom. The molecule has 0 unspecified atom stereocenters. The quantitative estimate of drug-likeness (QED) is 0.821. The number of amides is 1. The molecule has 0 N–H and O–H groups in total. The molecular formula is C18H23N3O3S. The molecule has 1 aromatic rings. The summed E-state index contributed by atoms with van der Waals surface area (Å²) in [6.45, 7) is 1.53. The van der Waals surface area contributed by atoms with E-state index in [0.717, 1.165) is 12.8 Å². The zero-order valence-corrected chi connectivity index (χ0v) is 15.0. The Labute approximate surface area is 149 Å². The van der Waals surface area contributed by atoms with E-state index in [4.69, 9.17) is 5.26 Å². The molecule has 1 saturated carbocycles. The van der Waals surface area contributed by atoms with Gasteiger partial charge in [0.05, 0.1) is 16.5 Å². The highest BCUT2D eigenvalue weighted by atomic mass is 32.2. The fraction of sp³-hybridized carbons (Fsp3) is 0.556. The van der Waals surface area contributed by atoms with E-state index in [9.17, 15) is 13.2 Å². The predicted molar refractivity (Wildman–Crippen MR) is 93.1 cm³/mol. The van der Waals surface area contributed by atoms with Gasteiger partial charge in [-0.1, -0.05) is 12.8 Å². The van der Waals surface area contributed by atoms with Crippen LogP contribution in [0.4, 0.5) is 0 Å². The molecule has 1 amide bonds. The molecule has 1 saturated heterocycles. The van der Waals surface area contributed by atoms with Crippen molar-refractivity contribution >= 4 is 15.9 Å². The minimum atomic E-state index is -3.57. The number of nitrogens with zero attached hydrogens (tertiary/aromatic N) is 3. The molecule has 6 nitrogen and oxygen atoms in total. The van der Waals surface area contributed by atoms with Crippen molar-refractivity contribution in [2.24, 2.45) is 5.92 Å². The molecule has 3 rings (SSSR count). The number of nitriles is 1. The zero-order chi connectivity index (χ0) is 17.9. The number of hydrogen-bond donors (Lipinski definition) is 0. The van der Waals surface area contributed by atoms with Crippen molar-refractivity contribution in [2.45, 2.75) is 37.0 Å². The largest absolute Gasteiger partial charge is 0.340 e. The van der Waals surface area contributed by atoms with Gasteiger partial charge in [0.25, 0.3) is 0 Å². The van der Waals surface area contributed by atoms with Gasteiger partial charge in [0.15, 0.2) is 0 Å². The standard InChI is InChI=1S/C18H23N3O3S/c19-14-16-5-7-17(8-6-16)25(23,24)21-11-9-20(10-12-21)18(22)13-15-3-1-2-4-15/h5-8,15H,1-4,9-13H2. The fourth-order valence-corrected chi connectivity index (χ4v) is 5.04. The first-order valence-electron chi connectivity index (χ1n) is 8.79. The van der Waals surface area contributed by atoms with Gasteiger partial charge in [-0.2, -0.15) is 9.57 Å². The maximum absolute atomic E-state index is 12.7. The molecular weight excluding hydrogens is 338 g/mol. The number of rotatable bonds is 4. The summed E-state index contributed by atoms with van der Waals surface area (Å²) in [5, 5.41) is 8.82. The van der Waals surface area contributed by atoms with Crippen molar-refractivity contribution in [1.82, 2.24) is 9.21 Å². The molecule has 0 radical (unpaired) electrons. The summed E-state index contributed by atoms with van der Waals surface area (Å²) in [6, 6.07) is 7.92. The molecule has 0 aromatic heterocycles. The minimum Gasteiger partial charge on any atom is -0.340 e. The van der Waals surface area contributed by atoms with E-state index >= 15 is 0 Å². The average Bonchev–Trinajstić information content (AvgIpc) is 3.15. The zero-order valence-electron chi connectivity index (χ0n) is 14.2. The van der Waals surface area contributed by atoms with Gasteiger partial charge >= 0.3 is 0 Å². The first-order chi connectivity index (χ1) is 12.0. The van der Waals surface area contributed by atoms with E-state index in [1.54, 1.807) is 4.90 Å². The summed E-state index contributed by atoms with van der Waals surface area (Å²) in [5.74, 6) is 0.662. The molecule has 0 bridgehead atoms. The summed E-state index contributed by atoms with van der Waals surface area (Å²) in [4.78, 5) is 14.4. The van der Waals surface area contributed by atoms with E-state index in [0.29, 0.717) is 44.1 Å². The lowest BCUT2D eigenvalue weighted by Crippen LogP contribution is -2.50. The third-order valence-corrected chi connectivity index (χ3v) is 7.06. The molecule has 1 aliphatic carbocycles. The van der Waals surface area contributed by atoms with Crippen LogP contribution in [0.15, 0.2) is 29.2 Å². The first kappa shape index (κ1) is 17.9. The molecule has 1 heterocycles. The summed E-state index contributed by atoms with van der Waals surface area (Å²) < 4.78 is 26.8. The Morgan fingerprint density at radius 3 is 2.24 bits per heavy atom. The third-order valence-electron chi connectivity index (χ3n) is 5.15. The molecule has 1 aromatic carbocycles.